The average molecular weight is 420 g/mol. The van der Waals surface area contributed by atoms with Crippen LogP contribution in [0.25, 0.3) is 0 Å². The third-order valence-electron chi connectivity index (χ3n) is 3.85. The molecule has 1 aliphatic rings. The van der Waals surface area contributed by atoms with Crippen molar-refractivity contribution in [2.24, 2.45) is 4.99 Å². The molecule has 1 heterocycles. The molecule has 1 saturated carbocycles. The summed E-state index contributed by atoms with van der Waals surface area (Å²) in [5, 5.41) is 14.5. The Bertz CT molecular complexity index is 400. The van der Waals surface area contributed by atoms with Crippen molar-refractivity contribution in [1.82, 2.24) is 25.4 Å². The van der Waals surface area contributed by atoms with Crippen molar-refractivity contribution in [3.05, 3.63) is 12.7 Å². The number of hydrogen-bond acceptors (Lipinski definition) is 3. The van der Waals surface area contributed by atoms with Crippen LogP contribution in [0.2, 0.25) is 0 Å². The molecule has 0 saturated heterocycles. The second-order valence-corrected chi connectivity index (χ2v) is 5.65. The Hall–Kier alpha value is -0.860. The van der Waals surface area contributed by atoms with Crippen molar-refractivity contribution in [3.63, 3.8) is 0 Å². The van der Waals surface area contributed by atoms with Crippen LogP contribution in [0, 0.1) is 0 Å². The number of guanidine groups is 1. The monoisotopic (exact) mass is 420 g/mol. The Balaban J connectivity index is 0.00000242. The van der Waals surface area contributed by atoms with Crippen LogP contribution < -0.4 is 10.6 Å². The standard InChI is InChI=1S/C15H28N6.HI/c1-2-16-15(20-14-8-4-3-5-9-14)17-10-6-7-11-21-12-18-19-13-21;/h12-14H,2-11H2,1H3,(H2,16,17,20);1H. The second-order valence-electron chi connectivity index (χ2n) is 5.65. The molecule has 0 unspecified atom stereocenters. The van der Waals surface area contributed by atoms with Crippen molar-refractivity contribution in [3.8, 4) is 0 Å². The molecule has 0 aliphatic heterocycles. The van der Waals surface area contributed by atoms with E-state index >= 15 is 0 Å². The number of aliphatic imine (C=N–C) groups is 1. The minimum absolute atomic E-state index is 0. The summed E-state index contributed by atoms with van der Waals surface area (Å²) in [4.78, 5) is 4.68. The molecule has 6 nitrogen and oxygen atoms in total. The van der Waals surface area contributed by atoms with Gasteiger partial charge in [0.2, 0.25) is 0 Å². The van der Waals surface area contributed by atoms with E-state index in [2.05, 4.69) is 32.7 Å². The van der Waals surface area contributed by atoms with Gasteiger partial charge in [-0.2, -0.15) is 0 Å². The van der Waals surface area contributed by atoms with E-state index in [4.69, 9.17) is 0 Å². The largest absolute Gasteiger partial charge is 0.357 e. The first-order chi connectivity index (χ1) is 10.4. The van der Waals surface area contributed by atoms with E-state index in [9.17, 15) is 0 Å². The number of aryl methyl sites for hydroxylation is 1. The zero-order valence-corrected chi connectivity index (χ0v) is 15.8. The van der Waals surface area contributed by atoms with Gasteiger partial charge in [-0.1, -0.05) is 19.3 Å². The molecule has 1 aliphatic carbocycles. The summed E-state index contributed by atoms with van der Waals surface area (Å²) in [5.41, 5.74) is 0. The number of aromatic nitrogens is 3. The molecular weight excluding hydrogens is 391 g/mol. The molecule has 0 spiro atoms. The third-order valence-corrected chi connectivity index (χ3v) is 3.85. The van der Waals surface area contributed by atoms with Crippen LogP contribution in [0.1, 0.15) is 51.9 Å². The fraction of sp³-hybridized carbons (Fsp3) is 0.800. The van der Waals surface area contributed by atoms with E-state index in [1.54, 1.807) is 12.7 Å². The zero-order chi connectivity index (χ0) is 14.8. The van der Waals surface area contributed by atoms with E-state index in [0.717, 1.165) is 38.4 Å². The highest BCUT2D eigenvalue weighted by atomic mass is 127. The summed E-state index contributed by atoms with van der Waals surface area (Å²) in [7, 11) is 0. The van der Waals surface area contributed by atoms with Crippen molar-refractivity contribution in [1.29, 1.82) is 0 Å². The molecule has 7 heteroatoms. The molecular formula is C15H29IN6. The SMILES string of the molecule is CCNC(=NCCCCn1cnnc1)NC1CCCCC1.I. The van der Waals surface area contributed by atoms with Crippen LogP contribution in [0.4, 0.5) is 0 Å². The summed E-state index contributed by atoms with van der Waals surface area (Å²) < 4.78 is 2.01. The molecule has 2 N–H and O–H groups in total. The average Bonchev–Trinajstić information content (AvgIpc) is 3.01. The highest BCUT2D eigenvalue weighted by Crippen LogP contribution is 2.17. The van der Waals surface area contributed by atoms with Gasteiger partial charge < -0.3 is 15.2 Å². The summed E-state index contributed by atoms with van der Waals surface area (Å²) in [5.74, 6) is 0.980. The van der Waals surface area contributed by atoms with Gasteiger partial charge in [0.05, 0.1) is 0 Å². The van der Waals surface area contributed by atoms with Gasteiger partial charge in [-0.15, -0.1) is 34.2 Å². The van der Waals surface area contributed by atoms with Crippen molar-refractivity contribution in [2.75, 3.05) is 13.1 Å². The Morgan fingerprint density at radius 3 is 2.59 bits per heavy atom. The van der Waals surface area contributed by atoms with E-state index in [1.807, 2.05) is 4.57 Å². The third kappa shape index (κ3) is 7.42. The first-order valence-corrected chi connectivity index (χ1v) is 8.25. The molecule has 0 radical (unpaired) electrons. The molecule has 126 valence electrons. The van der Waals surface area contributed by atoms with Crippen molar-refractivity contribution in [2.45, 2.75) is 64.5 Å². The maximum atomic E-state index is 4.68. The lowest BCUT2D eigenvalue weighted by atomic mass is 9.96. The number of nitrogens with zero attached hydrogens (tertiary/aromatic N) is 4. The smallest absolute Gasteiger partial charge is 0.191 e. The lowest BCUT2D eigenvalue weighted by Gasteiger charge is -2.24. The van der Waals surface area contributed by atoms with Crippen molar-refractivity contribution >= 4 is 29.9 Å². The molecule has 22 heavy (non-hydrogen) atoms. The normalized spacial score (nSPS) is 16.1. The van der Waals surface area contributed by atoms with Crippen molar-refractivity contribution < 1.29 is 0 Å². The predicted molar refractivity (Wildman–Crippen MR) is 101 cm³/mol. The molecule has 0 atom stereocenters. The number of rotatable bonds is 7. The van der Waals surface area contributed by atoms with Crippen LogP contribution in [-0.2, 0) is 6.54 Å². The number of unbranched alkanes of at least 4 members (excludes halogenated alkanes) is 1. The summed E-state index contributed by atoms with van der Waals surface area (Å²) in [6.45, 7) is 4.86. The van der Waals surface area contributed by atoms with E-state index in [-0.39, 0.29) is 24.0 Å². The Morgan fingerprint density at radius 1 is 1.18 bits per heavy atom. The molecule has 1 fully saturated rings. The highest BCUT2D eigenvalue weighted by Gasteiger charge is 2.14. The van der Waals surface area contributed by atoms with E-state index < -0.39 is 0 Å². The van der Waals surface area contributed by atoms with Crippen LogP contribution >= 0.6 is 24.0 Å². The quantitative estimate of drug-likeness (QED) is 0.308. The molecule has 0 bridgehead atoms. The highest BCUT2D eigenvalue weighted by molar-refractivity contribution is 14.0. The molecule has 2 rings (SSSR count). The van der Waals surface area contributed by atoms with Crippen LogP contribution in [-0.4, -0.2) is 39.9 Å². The Morgan fingerprint density at radius 2 is 1.91 bits per heavy atom. The topological polar surface area (TPSA) is 67.1 Å². The van der Waals surface area contributed by atoms with Gasteiger partial charge in [0, 0.05) is 25.7 Å². The minimum Gasteiger partial charge on any atom is -0.357 e. The van der Waals surface area contributed by atoms with Gasteiger partial charge in [0.15, 0.2) is 5.96 Å². The molecule has 1 aromatic rings. The van der Waals surface area contributed by atoms with Gasteiger partial charge in [-0.05, 0) is 32.6 Å². The molecule has 0 aromatic carbocycles. The van der Waals surface area contributed by atoms with E-state index in [1.165, 1.54) is 32.1 Å². The predicted octanol–water partition coefficient (Wildman–Crippen LogP) is 2.56. The maximum absolute atomic E-state index is 4.68. The van der Waals surface area contributed by atoms with Gasteiger partial charge in [0.25, 0.3) is 0 Å². The summed E-state index contributed by atoms with van der Waals surface area (Å²) >= 11 is 0. The first-order valence-electron chi connectivity index (χ1n) is 8.25. The molecule has 1 aromatic heterocycles. The summed E-state index contributed by atoms with van der Waals surface area (Å²) in [6, 6.07) is 0.605. The van der Waals surface area contributed by atoms with Gasteiger partial charge >= 0.3 is 0 Å². The Kier molecular flexibility index (Phi) is 10.2. The Labute approximate surface area is 150 Å². The number of nitrogens with one attached hydrogen (secondary N) is 2. The number of halogens is 1. The lowest BCUT2D eigenvalue weighted by molar-refractivity contribution is 0.410. The summed E-state index contributed by atoms with van der Waals surface area (Å²) in [6.07, 6.45) is 12.3. The van der Waals surface area contributed by atoms with Gasteiger partial charge in [-0.3, -0.25) is 4.99 Å². The second kappa shape index (κ2) is 11.7. The fourth-order valence-corrected chi connectivity index (χ4v) is 2.69. The van der Waals surface area contributed by atoms with Crippen LogP contribution in [0.15, 0.2) is 17.6 Å². The minimum atomic E-state index is 0. The van der Waals surface area contributed by atoms with Gasteiger partial charge in [-0.25, -0.2) is 0 Å². The fourth-order valence-electron chi connectivity index (χ4n) is 2.69. The first kappa shape index (κ1) is 19.2. The van der Waals surface area contributed by atoms with Crippen LogP contribution in [0.5, 0.6) is 0 Å². The van der Waals surface area contributed by atoms with Gasteiger partial charge in [0.1, 0.15) is 12.7 Å². The lowest BCUT2D eigenvalue weighted by Crippen LogP contribution is -2.44. The number of hydrogen-bond donors (Lipinski definition) is 2. The van der Waals surface area contributed by atoms with Crippen LogP contribution in [0.3, 0.4) is 0 Å². The zero-order valence-electron chi connectivity index (χ0n) is 13.5. The van der Waals surface area contributed by atoms with E-state index in [0.29, 0.717) is 6.04 Å². The molecule has 0 amide bonds. The maximum Gasteiger partial charge on any atom is 0.191 e.